The van der Waals surface area contributed by atoms with Gasteiger partial charge in [-0.25, -0.2) is 9.82 Å². The second kappa shape index (κ2) is 13.4. The van der Waals surface area contributed by atoms with Gasteiger partial charge in [-0.05, 0) is 60.2 Å². The molecule has 1 saturated heterocycles. The van der Waals surface area contributed by atoms with Gasteiger partial charge in [-0.3, -0.25) is 10.1 Å². The number of hydrazone groups is 1. The monoisotopic (exact) mass is 628 g/mol. The van der Waals surface area contributed by atoms with Gasteiger partial charge in [0.25, 0.3) is 0 Å². The molecule has 0 radical (unpaired) electrons. The second-order valence-electron chi connectivity index (χ2n) is 9.33. The van der Waals surface area contributed by atoms with Crippen molar-refractivity contribution in [3.05, 3.63) is 87.7 Å². The standard InChI is InChI=1S/C28H24F4N8O5/c1-43-24-14-17(2-8-23(24)45-22-9-3-18(28(30,31)32)15-21(22)40(41)42)16-33-38-26-35-25(34-20-6-4-19(29)5-7-20)36-27(37-26)39-10-12-44-13-11-39/h2-9,14-16H,10-13H2,1H3,(H2,34,35,36,37,38)/b33-16-. The molecule has 234 valence electrons. The maximum Gasteiger partial charge on any atom is 0.416 e. The fraction of sp³-hybridized carbons (Fsp3) is 0.214. The van der Waals surface area contributed by atoms with Crippen molar-refractivity contribution in [2.75, 3.05) is 49.1 Å². The number of halogens is 4. The Labute approximate surface area is 252 Å². The van der Waals surface area contributed by atoms with Crippen molar-refractivity contribution in [2.45, 2.75) is 6.18 Å². The Bertz CT molecular complexity index is 1700. The zero-order valence-corrected chi connectivity index (χ0v) is 23.4. The molecule has 1 fully saturated rings. The maximum absolute atomic E-state index is 13.4. The highest BCUT2D eigenvalue weighted by atomic mass is 19.4. The van der Waals surface area contributed by atoms with E-state index >= 15 is 0 Å². The van der Waals surface area contributed by atoms with Gasteiger partial charge in [0, 0.05) is 24.8 Å². The largest absolute Gasteiger partial charge is 0.493 e. The van der Waals surface area contributed by atoms with Crippen LogP contribution in [0.2, 0.25) is 0 Å². The molecular weight excluding hydrogens is 604 g/mol. The summed E-state index contributed by atoms with van der Waals surface area (Å²) < 4.78 is 68.8. The minimum Gasteiger partial charge on any atom is -0.493 e. The number of nitro groups is 1. The number of anilines is 4. The number of nitrogens with one attached hydrogen (secondary N) is 2. The third-order valence-electron chi connectivity index (χ3n) is 6.29. The van der Waals surface area contributed by atoms with E-state index in [1.54, 1.807) is 6.07 Å². The number of ether oxygens (including phenoxy) is 3. The molecule has 3 aromatic carbocycles. The third-order valence-corrected chi connectivity index (χ3v) is 6.29. The highest BCUT2D eigenvalue weighted by Crippen LogP contribution is 2.40. The van der Waals surface area contributed by atoms with Crippen molar-refractivity contribution >= 4 is 35.4 Å². The molecule has 45 heavy (non-hydrogen) atoms. The van der Waals surface area contributed by atoms with Crippen LogP contribution in [0.5, 0.6) is 17.2 Å². The number of aromatic nitrogens is 3. The normalized spacial score (nSPS) is 13.5. The number of methoxy groups -OCH3 is 1. The Hall–Kier alpha value is -5.58. The highest BCUT2D eigenvalue weighted by Gasteiger charge is 2.33. The predicted molar refractivity (Wildman–Crippen MR) is 155 cm³/mol. The van der Waals surface area contributed by atoms with Gasteiger partial charge >= 0.3 is 11.9 Å². The number of rotatable bonds is 10. The molecule has 17 heteroatoms. The molecule has 1 aromatic heterocycles. The van der Waals surface area contributed by atoms with Gasteiger partial charge in [-0.1, -0.05) is 0 Å². The molecule has 13 nitrogen and oxygen atoms in total. The molecule has 4 aromatic rings. The molecule has 2 N–H and O–H groups in total. The van der Waals surface area contributed by atoms with Gasteiger partial charge in [-0.2, -0.15) is 33.2 Å². The van der Waals surface area contributed by atoms with Crippen molar-refractivity contribution in [3.8, 4) is 17.2 Å². The Balaban J connectivity index is 1.34. The first-order valence-corrected chi connectivity index (χ1v) is 13.2. The van der Waals surface area contributed by atoms with Crippen LogP contribution in [0.1, 0.15) is 11.1 Å². The van der Waals surface area contributed by atoms with E-state index in [-0.39, 0.29) is 29.2 Å². The maximum atomic E-state index is 13.4. The summed E-state index contributed by atoms with van der Waals surface area (Å²) in [5.41, 5.74) is 1.77. The molecule has 0 aliphatic carbocycles. The summed E-state index contributed by atoms with van der Waals surface area (Å²) in [6.45, 7) is 2.13. The molecular formula is C28H24F4N8O5. The highest BCUT2D eigenvalue weighted by molar-refractivity contribution is 5.81. The van der Waals surface area contributed by atoms with Crippen LogP contribution >= 0.6 is 0 Å². The first-order valence-electron chi connectivity index (χ1n) is 13.2. The average Bonchev–Trinajstić information content (AvgIpc) is 3.02. The summed E-state index contributed by atoms with van der Waals surface area (Å²) in [4.78, 5) is 25.6. The SMILES string of the molecule is COc1cc(/C=N\Nc2nc(Nc3ccc(F)cc3)nc(N3CCOCC3)n2)ccc1Oc1ccc(C(F)(F)F)cc1[N+](=O)[O-]. The predicted octanol–water partition coefficient (Wildman–Crippen LogP) is 5.76. The number of nitro benzene ring substituents is 1. The van der Waals surface area contributed by atoms with Crippen LogP contribution in [0, 0.1) is 15.9 Å². The first kappa shape index (κ1) is 30.9. The summed E-state index contributed by atoms with van der Waals surface area (Å²) in [7, 11) is 1.33. The number of hydrogen-bond acceptors (Lipinski definition) is 12. The molecule has 2 heterocycles. The lowest BCUT2D eigenvalue weighted by atomic mass is 10.1. The van der Waals surface area contributed by atoms with Crippen LogP contribution < -0.4 is 25.1 Å². The average molecular weight is 629 g/mol. The molecule has 0 bridgehead atoms. The fourth-order valence-electron chi connectivity index (χ4n) is 4.09. The molecule has 0 saturated carbocycles. The van der Waals surface area contributed by atoms with Gasteiger partial charge in [0.15, 0.2) is 11.5 Å². The van der Waals surface area contributed by atoms with Crippen molar-refractivity contribution < 1.29 is 36.7 Å². The smallest absolute Gasteiger partial charge is 0.416 e. The lowest BCUT2D eigenvalue weighted by Gasteiger charge is -2.27. The Kier molecular flexibility index (Phi) is 9.17. The third kappa shape index (κ3) is 7.88. The van der Waals surface area contributed by atoms with E-state index in [2.05, 4.69) is 30.8 Å². The van der Waals surface area contributed by atoms with Crippen LogP contribution in [-0.4, -0.2) is 59.5 Å². The molecule has 0 atom stereocenters. The molecule has 1 aliphatic heterocycles. The van der Waals surface area contributed by atoms with E-state index in [0.29, 0.717) is 55.6 Å². The fourth-order valence-corrected chi connectivity index (χ4v) is 4.09. The van der Waals surface area contributed by atoms with Gasteiger partial charge in [0.1, 0.15) is 5.82 Å². The van der Waals surface area contributed by atoms with Crippen LogP contribution in [0.15, 0.2) is 65.8 Å². The Morgan fingerprint density at radius 3 is 2.38 bits per heavy atom. The summed E-state index contributed by atoms with van der Waals surface area (Å²) in [6.07, 6.45) is -3.35. The summed E-state index contributed by atoms with van der Waals surface area (Å²) in [6, 6.07) is 12.1. The molecule has 0 unspecified atom stereocenters. The van der Waals surface area contributed by atoms with E-state index in [0.717, 1.165) is 6.07 Å². The molecule has 0 spiro atoms. The van der Waals surface area contributed by atoms with Gasteiger partial charge in [-0.15, -0.1) is 0 Å². The van der Waals surface area contributed by atoms with Crippen LogP contribution in [0.4, 0.5) is 46.8 Å². The van der Waals surface area contributed by atoms with E-state index in [9.17, 15) is 27.7 Å². The Morgan fingerprint density at radius 2 is 1.69 bits per heavy atom. The van der Waals surface area contributed by atoms with E-state index < -0.39 is 28.1 Å². The topological polar surface area (TPSA) is 149 Å². The number of nitrogens with zero attached hydrogens (tertiary/aromatic N) is 6. The quantitative estimate of drug-likeness (QED) is 0.0955. The van der Waals surface area contributed by atoms with Gasteiger partial charge < -0.3 is 24.4 Å². The van der Waals surface area contributed by atoms with Crippen molar-refractivity contribution in [2.24, 2.45) is 5.10 Å². The van der Waals surface area contributed by atoms with Crippen LogP contribution in [-0.2, 0) is 10.9 Å². The lowest BCUT2D eigenvalue weighted by molar-refractivity contribution is -0.385. The van der Waals surface area contributed by atoms with Crippen molar-refractivity contribution in [3.63, 3.8) is 0 Å². The van der Waals surface area contributed by atoms with Crippen LogP contribution in [0.3, 0.4) is 0 Å². The van der Waals surface area contributed by atoms with E-state index in [1.165, 1.54) is 49.7 Å². The molecule has 5 rings (SSSR count). The van der Waals surface area contributed by atoms with Crippen molar-refractivity contribution in [1.82, 2.24) is 15.0 Å². The molecule has 0 amide bonds. The van der Waals surface area contributed by atoms with Crippen molar-refractivity contribution in [1.29, 1.82) is 0 Å². The summed E-state index contributed by atoms with van der Waals surface area (Å²) >= 11 is 0. The number of alkyl halides is 3. The summed E-state index contributed by atoms with van der Waals surface area (Å²) in [5.74, 6) is 0.0361. The van der Waals surface area contributed by atoms with Gasteiger partial charge in [0.2, 0.25) is 23.6 Å². The number of morpholine rings is 1. The minimum atomic E-state index is -4.76. The first-order chi connectivity index (χ1) is 21.6. The molecule has 1 aliphatic rings. The number of hydrogen-bond donors (Lipinski definition) is 2. The lowest BCUT2D eigenvalue weighted by Crippen LogP contribution is -2.37. The van der Waals surface area contributed by atoms with E-state index in [4.69, 9.17) is 14.2 Å². The second-order valence-corrected chi connectivity index (χ2v) is 9.33. The summed E-state index contributed by atoms with van der Waals surface area (Å²) in [5, 5.41) is 18.6. The Morgan fingerprint density at radius 1 is 0.978 bits per heavy atom. The van der Waals surface area contributed by atoms with Crippen LogP contribution in [0.25, 0.3) is 0 Å². The number of benzene rings is 3. The minimum absolute atomic E-state index is 0.0228. The van der Waals surface area contributed by atoms with Gasteiger partial charge in [0.05, 0.1) is 37.0 Å². The zero-order valence-electron chi connectivity index (χ0n) is 23.4. The zero-order chi connectivity index (χ0) is 32.0. The van der Waals surface area contributed by atoms with E-state index in [1.807, 2.05) is 4.90 Å².